The van der Waals surface area contributed by atoms with E-state index in [1.807, 2.05) is 31.2 Å². The van der Waals surface area contributed by atoms with E-state index in [-0.39, 0.29) is 18.0 Å². The number of benzene rings is 3. The summed E-state index contributed by atoms with van der Waals surface area (Å²) in [5, 5.41) is 3.26. The average Bonchev–Trinajstić information content (AvgIpc) is 2.84. The Bertz CT molecular complexity index is 1140. The number of aryl methyl sites for hydroxylation is 2. The summed E-state index contributed by atoms with van der Waals surface area (Å²) < 4.78 is 11.2. The largest absolute Gasteiger partial charge is 0.493 e. The molecule has 0 radical (unpaired) electrons. The first kappa shape index (κ1) is 23.8. The third-order valence-corrected chi connectivity index (χ3v) is 6.68. The summed E-state index contributed by atoms with van der Waals surface area (Å²) in [6, 6.07) is 20.4. The van der Waals surface area contributed by atoms with Crippen LogP contribution in [0.2, 0.25) is 0 Å². The summed E-state index contributed by atoms with van der Waals surface area (Å²) in [5.41, 5.74) is 6.73. The van der Waals surface area contributed by atoms with E-state index in [1.54, 1.807) is 14.2 Å². The van der Waals surface area contributed by atoms with E-state index >= 15 is 0 Å². The van der Waals surface area contributed by atoms with E-state index in [0.717, 1.165) is 30.8 Å². The Hall–Kier alpha value is -3.31. The Morgan fingerprint density at radius 3 is 2.18 bits per heavy atom. The average molecular weight is 459 g/mol. The minimum Gasteiger partial charge on any atom is -0.493 e. The predicted molar refractivity (Wildman–Crippen MR) is 136 cm³/mol. The van der Waals surface area contributed by atoms with Gasteiger partial charge in [-0.1, -0.05) is 47.5 Å². The lowest BCUT2D eigenvalue weighted by Crippen LogP contribution is -2.47. The standard InChI is InChI=1S/C29H34N2O3/c1-19-6-10-22(11-7-19)18-31-15-14-24-16-26(33-4)27(34-5)17-25(24)28(31)21(3)30-29(32)23-12-8-20(2)9-13-23/h6-13,16-17,21,28H,14-15,18H2,1-5H3,(H,30,32)/t21-,28+/m0/s1. The highest BCUT2D eigenvalue weighted by Crippen LogP contribution is 2.40. The number of rotatable bonds is 7. The van der Waals surface area contributed by atoms with Crippen molar-refractivity contribution in [3.63, 3.8) is 0 Å². The van der Waals surface area contributed by atoms with Crippen molar-refractivity contribution in [1.82, 2.24) is 10.2 Å². The molecule has 1 amide bonds. The van der Waals surface area contributed by atoms with Crippen molar-refractivity contribution in [2.75, 3.05) is 20.8 Å². The van der Waals surface area contributed by atoms with Crippen LogP contribution in [0.5, 0.6) is 11.5 Å². The molecule has 0 spiro atoms. The third-order valence-electron chi connectivity index (χ3n) is 6.68. The zero-order chi connectivity index (χ0) is 24.2. The van der Waals surface area contributed by atoms with E-state index in [0.29, 0.717) is 11.3 Å². The first-order chi connectivity index (χ1) is 16.4. The summed E-state index contributed by atoms with van der Waals surface area (Å²) in [4.78, 5) is 15.5. The number of hydrogen-bond donors (Lipinski definition) is 1. The number of ether oxygens (including phenoxy) is 2. The molecule has 0 aromatic heterocycles. The molecule has 3 aromatic rings. The first-order valence-corrected chi connectivity index (χ1v) is 11.8. The van der Waals surface area contributed by atoms with Crippen LogP contribution in [0.3, 0.4) is 0 Å². The fourth-order valence-corrected chi connectivity index (χ4v) is 4.79. The molecule has 178 valence electrons. The smallest absolute Gasteiger partial charge is 0.251 e. The molecule has 0 saturated carbocycles. The van der Waals surface area contributed by atoms with Gasteiger partial charge in [-0.15, -0.1) is 0 Å². The van der Waals surface area contributed by atoms with Crippen LogP contribution >= 0.6 is 0 Å². The maximum atomic E-state index is 13.1. The van der Waals surface area contributed by atoms with Crippen LogP contribution in [0, 0.1) is 13.8 Å². The fourth-order valence-electron chi connectivity index (χ4n) is 4.79. The molecule has 4 rings (SSSR count). The molecular formula is C29H34N2O3. The quantitative estimate of drug-likeness (QED) is 0.526. The highest BCUT2D eigenvalue weighted by Gasteiger charge is 2.34. The predicted octanol–water partition coefficient (Wildman–Crippen LogP) is 5.24. The van der Waals surface area contributed by atoms with Gasteiger partial charge in [0, 0.05) is 24.7 Å². The van der Waals surface area contributed by atoms with Crippen molar-refractivity contribution >= 4 is 5.91 Å². The molecule has 1 heterocycles. The van der Waals surface area contributed by atoms with Crippen LogP contribution in [0.25, 0.3) is 0 Å². The van der Waals surface area contributed by atoms with E-state index in [9.17, 15) is 4.79 Å². The molecule has 5 heteroatoms. The number of nitrogens with zero attached hydrogens (tertiary/aromatic N) is 1. The fraction of sp³-hybridized carbons (Fsp3) is 0.345. The molecule has 1 N–H and O–H groups in total. The number of fused-ring (bicyclic) bond motifs is 1. The number of carbonyl (C=O) groups excluding carboxylic acids is 1. The molecule has 1 aliphatic heterocycles. The highest BCUT2D eigenvalue weighted by molar-refractivity contribution is 5.94. The SMILES string of the molecule is COc1cc2c(cc1OC)[C@@H]([C@H](C)NC(=O)c1ccc(C)cc1)N(Cc1ccc(C)cc1)CC2. The lowest BCUT2D eigenvalue weighted by atomic mass is 9.87. The van der Waals surface area contributed by atoms with Gasteiger partial charge in [-0.25, -0.2) is 0 Å². The van der Waals surface area contributed by atoms with Gasteiger partial charge in [0.2, 0.25) is 0 Å². The second kappa shape index (κ2) is 10.3. The van der Waals surface area contributed by atoms with Gasteiger partial charge in [0.05, 0.1) is 20.3 Å². The molecule has 0 fully saturated rings. The number of carbonyl (C=O) groups is 1. The minimum absolute atomic E-state index is 0.000687. The topological polar surface area (TPSA) is 50.8 Å². The zero-order valence-electron chi connectivity index (χ0n) is 20.7. The molecule has 0 bridgehead atoms. The monoisotopic (exact) mass is 458 g/mol. The molecule has 5 nitrogen and oxygen atoms in total. The zero-order valence-corrected chi connectivity index (χ0v) is 20.7. The van der Waals surface area contributed by atoms with Crippen molar-refractivity contribution < 1.29 is 14.3 Å². The van der Waals surface area contributed by atoms with Crippen LogP contribution < -0.4 is 14.8 Å². The van der Waals surface area contributed by atoms with E-state index in [4.69, 9.17) is 9.47 Å². The Morgan fingerprint density at radius 2 is 1.56 bits per heavy atom. The molecule has 0 aliphatic carbocycles. The highest BCUT2D eigenvalue weighted by atomic mass is 16.5. The summed E-state index contributed by atoms with van der Waals surface area (Å²) >= 11 is 0. The van der Waals surface area contributed by atoms with Gasteiger partial charge >= 0.3 is 0 Å². The molecule has 0 unspecified atom stereocenters. The van der Waals surface area contributed by atoms with Gasteiger partial charge in [0.25, 0.3) is 5.91 Å². The van der Waals surface area contributed by atoms with E-state index < -0.39 is 0 Å². The van der Waals surface area contributed by atoms with Crippen molar-refractivity contribution in [3.8, 4) is 11.5 Å². The lowest BCUT2D eigenvalue weighted by Gasteiger charge is -2.41. The van der Waals surface area contributed by atoms with Crippen molar-refractivity contribution in [1.29, 1.82) is 0 Å². The minimum atomic E-state index is -0.114. The van der Waals surface area contributed by atoms with Gasteiger partial charge in [-0.2, -0.15) is 0 Å². The maximum absolute atomic E-state index is 13.1. The van der Waals surface area contributed by atoms with E-state index in [1.165, 1.54) is 22.3 Å². The van der Waals surface area contributed by atoms with Crippen molar-refractivity contribution in [3.05, 3.63) is 94.0 Å². The summed E-state index contributed by atoms with van der Waals surface area (Å²) in [6.45, 7) is 7.92. The Morgan fingerprint density at radius 1 is 0.971 bits per heavy atom. The number of amides is 1. The van der Waals surface area contributed by atoms with Crippen LogP contribution in [0.1, 0.15) is 51.1 Å². The molecule has 3 aromatic carbocycles. The summed E-state index contributed by atoms with van der Waals surface area (Å²) in [7, 11) is 3.33. The van der Waals surface area contributed by atoms with Gasteiger partial charge in [0.1, 0.15) is 0 Å². The number of methoxy groups -OCH3 is 2. The van der Waals surface area contributed by atoms with Gasteiger partial charge in [-0.05, 0) is 68.1 Å². The maximum Gasteiger partial charge on any atom is 0.251 e. The van der Waals surface area contributed by atoms with Crippen LogP contribution in [-0.2, 0) is 13.0 Å². The van der Waals surface area contributed by atoms with Crippen LogP contribution in [0.4, 0.5) is 0 Å². The van der Waals surface area contributed by atoms with Crippen LogP contribution in [-0.4, -0.2) is 37.6 Å². The van der Waals surface area contributed by atoms with Crippen molar-refractivity contribution in [2.45, 2.75) is 45.8 Å². The first-order valence-electron chi connectivity index (χ1n) is 11.8. The molecule has 0 saturated heterocycles. The summed E-state index contributed by atoms with van der Waals surface area (Å²) in [6.07, 6.45) is 0.913. The Labute approximate surface area is 202 Å². The Kier molecular flexibility index (Phi) is 7.23. The molecule has 34 heavy (non-hydrogen) atoms. The second-order valence-electron chi connectivity index (χ2n) is 9.19. The normalized spacial score (nSPS) is 16.4. The van der Waals surface area contributed by atoms with Crippen molar-refractivity contribution in [2.24, 2.45) is 0 Å². The lowest BCUT2D eigenvalue weighted by molar-refractivity contribution is 0.0877. The van der Waals surface area contributed by atoms with Crippen LogP contribution in [0.15, 0.2) is 60.7 Å². The van der Waals surface area contributed by atoms with Gasteiger partial charge < -0.3 is 14.8 Å². The molecular weight excluding hydrogens is 424 g/mol. The number of hydrogen-bond acceptors (Lipinski definition) is 4. The molecule has 2 atom stereocenters. The van der Waals surface area contributed by atoms with Gasteiger partial charge in [-0.3, -0.25) is 9.69 Å². The van der Waals surface area contributed by atoms with E-state index in [2.05, 4.69) is 60.5 Å². The molecule has 1 aliphatic rings. The third kappa shape index (κ3) is 5.10. The van der Waals surface area contributed by atoms with Gasteiger partial charge in [0.15, 0.2) is 11.5 Å². The number of nitrogens with one attached hydrogen (secondary N) is 1. The Balaban J connectivity index is 1.67. The second-order valence-corrected chi connectivity index (χ2v) is 9.19. The summed E-state index contributed by atoms with van der Waals surface area (Å²) in [5.74, 6) is 1.39.